The summed E-state index contributed by atoms with van der Waals surface area (Å²) in [5.41, 5.74) is 0.796. The number of rotatable bonds is 9. The quantitative estimate of drug-likeness (QED) is 0.518. The Hall–Kier alpha value is -3.80. The van der Waals surface area contributed by atoms with Crippen LogP contribution in [-0.2, 0) is 11.2 Å². The maximum Gasteiger partial charge on any atom is 0.276 e. The second-order valence-electron chi connectivity index (χ2n) is 5.62. The van der Waals surface area contributed by atoms with Gasteiger partial charge in [0.2, 0.25) is 0 Å². The second-order valence-corrected chi connectivity index (χ2v) is 5.62. The van der Waals surface area contributed by atoms with Gasteiger partial charge in [-0.05, 0) is 36.8 Å². The minimum atomic E-state index is -0.507. The Morgan fingerprint density at radius 2 is 1.82 bits per heavy atom. The first kappa shape index (κ1) is 20.5. The van der Waals surface area contributed by atoms with Crippen LogP contribution in [0.2, 0.25) is 0 Å². The van der Waals surface area contributed by atoms with Crippen LogP contribution < -0.4 is 19.5 Å². The summed E-state index contributed by atoms with van der Waals surface area (Å²) in [5.74, 6) is 0.730. The van der Waals surface area contributed by atoms with Gasteiger partial charge in [0.1, 0.15) is 5.75 Å². The zero-order valence-electron chi connectivity index (χ0n) is 15.4. The zero-order valence-corrected chi connectivity index (χ0v) is 15.4. The van der Waals surface area contributed by atoms with Crippen LogP contribution in [0.4, 0.5) is 5.69 Å². The number of nitrogens with one attached hydrogen (secondary N) is 1. The fraction of sp³-hybridized carbons (Fsp3) is 0.263. The molecule has 0 saturated carbocycles. The van der Waals surface area contributed by atoms with Crippen LogP contribution in [0.1, 0.15) is 11.1 Å². The van der Waals surface area contributed by atoms with Crippen LogP contribution in [0.3, 0.4) is 0 Å². The normalized spacial score (nSPS) is 9.89. The van der Waals surface area contributed by atoms with Crippen LogP contribution >= 0.6 is 0 Å². The van der Waals surface area contributed by atoms with E-state index in [9.17, 15) is 14.9 Å². The fourth-order valence-electron chi connectivity index (χ4n) is 2.44. The number of nitro benzene ring substituents is 1. The van der Waals surface area contributed by atoms with Gasteiger partial charge in [0.05, 0.1) is 36.8 Å². The average molecular weight is 385 g/mol. The van der Waals surface area contributed by atoms with Crippen molar-refractivity contribution in [1.82, 2.24) is 5.32 Å². The van der Waals surface area contributed by atoms with Crippen molar-refractivity contribution in [3.8, 4) is 23.3 Å². The van der Waals surface area contributed by atoms with Gasteiger partial charge in [-0.25, -0.2) is 0 Å². The number of hydrogen-bond donors (Lipinski definition) is 1. The molecule has 1 N–H and O–H groups in total. The van der Waals surface area contributed by atoms with E-state index in [2.05, 4.69) is 5.32 Å². The van der Waals surface area contributed by atoms with E-state index in [1.165, 1.54) is 26.4 Å². The summed E-state index contributed by atoms with van der Waals surface area (Å²) in [6.45, 7) is -0.0220. The third-order valence-corrected chi connectivity index (χ3v) is 3.85. The van der Waals surface area contributed by atoms with Crippen molar-refractivity contribution in [3.05, 3.63) is 57.6 Å². The molecule has 0 saturated heterocycles. The molecule has 0 aliphatic heterocycles. The Bertz CT molecular complexity index is 890. The molecule has 2 rings (SSSR count). The monoisotopic (exact) mass is 385 g/mol. The number of benzene rings is 2. The third-order valence-electron chi connectivity index (χ3n) is 3.85. The van der Waals surface area contributed by atoms with Crippen molar-refractivity contribution >= 4 is 11.6 Å². The highest BCUT2D eigenvalue weighted by molar-refractivity contribution is 5.77. The molecule has 146 valence electrons. The van der Waals surface area contributed by atoms with Crippen molar-refractivity contribution in [2.75, 3.05) is 27.4 Å². The van der Waals surface area contributed by atoms with Crippen molar-refractivity contribution in [3.63, 3.8) is 0 Å². The van der Waals surface area contributed by atoms with Crippen LogP contribution in [0.5, 0.6) is 17.2 Å². The highest BCUT2D eigenvalue weighted by Gasteiger charge is 2.19. The van der Waals surface area contributed by atoms with Gasteiger partial charge >= 0.3 is 0 Å². The van der Waals surface area contributed by atoms with Crippen LogP contribution in [0.15, 0.2) is 36.4 Å². The van der Waals surface area contributed by atoms with Gasteiger partial charge in [-0.15, -0.1) is 0 Å². The first-order valence-electron chi connectivity index (χ1n) is 8.27. The summed E-state index contributed by atoms with van der Waals surface area (Å²) in [7, 11) is 2.84. The van der Waals surface area contributed by atoms with Gasteiger partial charge in [0.15, 0.2) is 18.1 Å². The van der Waals surface area contributed by atoms with E-state index < -0.39 is 4.92 Å². The molecule has 0 aliphatic rings. The molecule has 0 aliphatic carbocycles. The SMILES string of the molecule is COc1cc(CCNC(=O)COc2ccc(C#N)cc2)c([N+](=O)[O-])cc1OC. The van der Waals surface area contributed by atoms with Gasteiger partial charge in [0.25, 0.3) is 11.6 Å². The molecule has 2 aromatic carbocycles. The lowest BCUT2D eigenvalue weighted by atomic mass is 10.1. The minimum absolute atomic E-state index is 0.110. The maximum atomic E-state index is 11.9. The lowest BCUT2D eigenvalue weighted by Gasteiger charge is -2.11. The second kappa shape index (κ2) is 9.78. The van der Waals surface area contributed by atoms with E-state index in [-0.39, 0.29) is 36.9 Å². The predicted octanol–water partition coefficient (Wildman–Crippen LogP) is 2.22. The molecule has 28 heavy (non-hydrogen) atoms. The standard InChI is InChI=1S/C19H19N3O6/c1-26-17-9-14(16(22(24)25)10-18(17)27-2)7-8-21-19(23)12-28-15-5-3-13(11-20)4-6-15/h3-6,9-10H,7-8,12H2,1-2H3,(H,21,23). The predicted molar refractivity (Wildman–Crippen MR) is 99.6 cm³/mol. The molecule has 1 amide bonds. The number of nitriles is 1. The van der Waals surface area contributed by atoms with E-state index in [1.807, 2.05) is 6.07 Å². The number of ether oxygens (including phenoxy) is 3. The Morgan fingerprint density at radius 1 is 1.18 bits per heavy atom. The lowest BCUT2D eigenvalue weighted by Crippen LogP contribution is -2.30. The van der Waals surface area contributed by atoms with Crippen molar-refractivity contribution in [2.24, 2.45) is 0 Å². The summed E-state index contributed by atoms with van der Waals surface area (Å²) in [6.07, 6.45) is 0.235. The summed E-state index contributed by atoms with van der Waals surface area (Å²) in [6, 6.07) is 11.2. The molecule has 0 bridgehead atoms. The molecule has 0 unspecified atom stereocenters. The van der Waals surface area contributed by atoms with E-state index in [0.29, 0.717) is 22.6 Å². The number of methoxy groups -OCH3 is 2. The summed E-state index contributed by atoms with van der Waals surface area (Å²) < 4.78 is 15.6. The molecule has 9 nitrogen and oxygen atoms in total. The lowest BCUT2D eigenvalue weighted by molar-refractivity contribution is -0.385. The molecule has 0 spiro atoms. The number of carbonyl (C=O) groups is 1. The van der Waals surface area contributed by atoms with E-state index in [4.69, 9.17) is 19.5 Å². The molecular formula is C19H19N3O6. The van der Waals surface area contributed by atoms with E-state index >= 15 is 0 Å². The largest absolute Gasteiger partial charge is 0.493 e. The highest BCUT2D eigenvalue weighted by Crippen LogP contribution is 2.34. The summed E-state index contributed by atoms with van der Waals surface area (Å²) in [4.78, 5) is 22.7. The molecule has 0 aromatic heterocycles. The number of nitro groups is 1. The van der Waals surface area contributed by atoms with Gasteiger partial charge in [-0.3, -0.25) is 14.9 Å². The number of nitrogens with zero attached hydrogens (tertiary/aromatic N) is 2. The maximum absolute atomic E-state index is 11.9. The Labute approximate surface area is 161 Å². The van der Waals surface area contributed by atoms with Gasteiger partial charge < -0.3 is 19.5 Å². The first-order chi connectivity index (χ1) is 13.5. The summed E-state index contributed by atoms with van der Waals surface area (Å²) in [5, 5.41) is 22.7. The Morgan fingerprint density at radius 3 is 2.39 bits per heavy atom. The van der Waals surface area contributed by atoms with Gasteiger partial charge in [-0.1, -0.05) is 0 Å². The van der Waals surface area contributed by atoms with Crippen LogP contribution in [0, 0.1) is 21.4 Å². The Balaban J connectivity index is 1.91. The molecule has 9 heteroatoms. The first-order valence-corrected chi connectivity index (χ1v) is 8.27. The van der Waals surface area contributed by atoms with Gasteiger partial charge in [0, 0.05) is 12.1 Å². The molecule has 0 heterocycles. The average Bonchev–Trinajstić information content (AvgIpc) is 2.71. The molecule has 0 atom stereocenters. The number of carbonyl (C=O) groups excluding carboxylic acids is 1. The highest BCUT2D eigenvalue weighted by atomic mass is 16.6. The molecule has 0 radical (unpaired) electrons. The van der Waals surface area contributed by atoms with Crippen molar-refractivity contribution in [1.29, 1.82) is 5.26 Å². The van der Waals surface area contributed by atoms with Crippen LogP contribution in [-0.4, -0.2) is 38.2 Å². The van der Waals surface area contributed by atoms with Crippen molar-refractivity contribution in [2.45, 2.75) is 6.42 Å². The van der Waals surface area contributed by atoms with E-state index in [0.717, 1.165) is 0 Å². The minimum Gasteiger partial charge on any atom is -0.493 e. The fourth-order valence-corrected chi connectivity index (χ4v) is 2.44. The summed E-state index contributed by atoms with van der Waals surface area (Å²) >= 11 is 0. The van der Waals surface area contributed by atoms with E-state index in [1.54, 1.807) is 24.3 Å². The smallest absolute Gasteiger partial charge is 0.276 e. The van der Waals surface area contributed by atoms with Crippen LogP contribution in [0.25, 0.3) is 0 Å². The topological polar surface area (TPSA) is 124 Å². The molecule has 2 aromatic rings. The van der Waals surface area contributed by atoms with Crippen molar-refractivity contribution < 1.29 is 23.9 Å². The zero-order chi connectivity index (χ0) is 20.5. The molecular weight excluding hydrogens is 366 g/mol. The number of hydrogen-bond acceptors (Lipinski definition) is 7. The number of amides is 1. The Kier molecular flexibility index (Phi) is 7.16. The third kappa shape index (κ3) is 5.35. The molecule has 0 fully saturated rings. The van der Waals surface area contributed by atoms with Gasteiger partial charge in [-0.2, -0.15) is 5.26 Å².